The predicted molar refractivity (Wildman–Crippen MR) is 81.4 cm³/mol. The lowest BCUT2D eigenvalue weighted by Crippen LogP contribution is -1.90. The minimum Gasteiger partial charge on any atom is -0.295 e. The normalized spacial score (nSPS) is 11.8. The standard InChI is InChI=1S/C6H6O.C5H4ClN.C5H5N/c7-6-4-2-1-3-5-6;6-5-3-1-2-4-7-5;1-2-4-6-5-3-1/h1-4H,5H2;1-4H;1-5H. The molecule has 0 unspecified atom stereocenters. The van der Waals surface area contributed by atoms with Crippen molar-refractivity contribution < 1.29 is 4.79 Å². The van der Waals surface area contributed by atoms with Crippen LogP contribution in [-0.4, -0.2) is 15.8 Å². The Kier molecular flexibility index (Phi) is 8.41. The number of nitrogens with zero attached hydrogens (tertiary/aromatic N) is 2. The predicted octanol–water partition coefficient (Wildman–Crippen LogP) is 3.89. The van der Waals surface area contributed by atoms with Crippen molar-refractivity contribution in [1.82, 2.24) is 9.97 Å². The fourth-order valence-electron chi connectivity index (χ4n) is 1.15. The smallest absolute Gasteiger partial charge is 0.159 e. The van der Waals surface area contributed by atoms with E-state index in [2.05, 4.69) is 9.97 Å². The monoisotopic (exact) mass is 286 g/mol. The van der Waals surface area contributed by atoms with Gasteiger partial charge in [0.05, 0.1) is 0 Å². The van der Waals surface area contributed by atoms with E-state index in [1.165, 1.54) is 0 Å². The molecule has 0 N–H and O–H groups in total. The highest BCUT2D eigenvalue weighted by Crippen LogP contribution is 1.98. The fourth-order valence-corrected chi connectivity index (χ4v) is 1.28. The Bertz CT molecular complexity index is 512. The molecule has 0 saturated heterocycles. The number of hydrogen-bond acceptors (Lipinski definition) is 3. The molecule has 2 aromatic rings. The third-order valence-electron chi connectivity index (χ3n) is 2.04. The largest absolute Gasteiger partial charge is 0.295 e. The van der Waals surface area contributed by atoms with Gasteiger partial charge < -0.3 is 0 Å². The summed E-state index contributed by atoms with van der Waals surface area (Å²) < 4.78 is 0. The van der Waals surface area contributed by atoms with Gasteiger partial charge in [0.1, 0.15) is 5.15 Å². The van der Waals surface area contributed by atoms with Gasteiger partial charge in [-0.05, 0) is 30.3 Å². The van der Waals surface area contributed by atoms with Crippen LogP contribution in [0.4, 0.5) is 0 Å². The highest BCUT2D eigenvalue weighted by molar-refractivity contribution is 6.29. The first-order valence-corrected chi connectivity index (χ1v) is 6.44. The zero-order valence-corrected chi connectivity index (χ0v) is 11.6. The Morgan fingerprint density at radius 1 is 0.950 bits per heavy atom. The first kappa shape index (κ1) is 15.8. The van der Waals surface area contributed by atoms with Crippen molar-refractivity contribution in [2.45, 2.75) is 6.42 Å². The highest BCUT2D eigenvalue weighted by atomic mass is 35.5. The summed E-state index contributed by atoms with van der Waals surface area (Å²) in [7, 11) is 0. The lowest BCUT2D eigenvalue weighted by molar-refractivity contribution is -0.113. The molecule has 0 radical (unpaired) electrons. The third kappa shape index (κ3) is 8.78. The van der Waals surface area contributed by atoms with E-state index in [0.29, 0.717) is 11.6 Å². The van der Waals surface area contributed by atoms with E-state index >= 15 is 0 Å². The highest BCUT2D eigenvalue weighted by Gasteiger charge is 1.92. The zero-order chi connectivity index (χ0) is 14.5. The van der Waals surface area contributed by atoms with Gasteiger partial charge in [0.25, 0.3) is 0 Å². The van der Waals surface area contributed by atoms with Crippen LogP contribution in [0.15, 0.2) is 79.3 Å². The molecule has 4 heteroatoms. The molecule has 0 spiro atoms. The van der Waals surface area contributed by atoms with Gasteiger partial charge in [-0.1, -0.05) is 42.0 Å². The average molecular weight is 287 g/mol. The molecule has 0 aromatic carbocycles. The van der Waals surface area contributed by atoms with Crippen LogP contribution in [0.5, 0.6) is 0 Å². The molecule has 1 aliphatic carbocycles. The van der Waals surface area contributed by atoms with Crippen molar-refractivity contribution in [3.63, 3.8) is 0 Å². The number of carbonyl (C=O) groups excluding carboxylic acids is 1. The first-order chi connectivity index (χ1) is 9.79. The number of carbonyl (C=O) groups is 1. The Labute approximate surface area is 123 Å². The molecule has 0 saturated carbocycles. The summed E-state index contributed by atoms with van der Waals surface area (Å²) in [6, 6.07) is 11.1. The summed E-state index contributed by atoms with van der Waals surface area (Å²) in [6.45, 7) is 0. The molecule has 1 aliphatic rings. The summed E-state index contributed by atoms with van der Waals surface area (Å²) in [5.74, 6) is 0.197. The van der Waals surface area contributed by atoms with E-state index < -0.39 is 0 Å². The Balaban J connectivity index is 0.000000151. The molecular weight excluding hydrogens is 272 g/mol. The molecule has 0 fully saturated rings. The summed E-state index contributed by atoms with van der Waals surface area (Å²) in [4.78, 5) is 17.9. The minimum atomic E-state index is 0.197. The number of hydrogen-bond donors (Lipinski definition) is 0. The van der Waals surface area contributed by atoms with Crippen LogP contribution in [-0.2, 0) is 4.79 Å². The molecule has 0 amide bonds. The molecular formula is C16H15ClN2O. The number of pyridine rings is 2. The Morgan fingerprint density at radius 3 is 1.95 bits per heavy atom. The number of rotatable bonds is 0. The second-order valence-electron chi connectivity index (χ2n) is 3.63. The van der Waals surface area contributed by atoms with Crippen LogP contribution >= 0.6 is 11.6 Å². The van der Waals surface area contributed by atoms with Crippen LogP contribution in [0, 0.1) is 0 Å². The zero-order valence-electron chi connectivity index (χ0n) is 10.9. The third-order valence-corrected chi connectivity index (χ3v) is 2.27. The van der Waals surface area contributed by atoms with Gasteiger partial charge in [0, 0.05) is 25.0 Å². The maximum Gasteiger partial charge on any atom is 0.159 e. The molecule has 20 heavy (non-hydrogen) atoms. The lowest BCUT2D eigenvalue weighted by Gasteiger charge is -1.88. The molecule has 0 atom stereocenters. The summed E-state index contributed by atoms with van der Waals surface area (Å²) in [5, 5.41) is 0.544. The number of allylic oxidation sites excluding steroid dienone is 4. The van der Waals surface area contributed by atoms with Gasteiger partial charge in [0.15, 0.2) is 5.78 Å². The molecule has 2 aromatic heterocycles. The van der Waals surface area contributed by atoms with Crippen molar-refractivity contribution in [3.05, 3.63) is 84.4 Å². The van der Waals surface area contributed by atoms with Gasteiger partial charge in [-0.3, -0.25) is 9.78 Å². The van der Waals surface area contributed by atoms with E-state index in [1.54, 1.807) is 36.8 Å². The summed E-state index contributed by atoms with van der Waals surface area (Å²) in [6.07, 6.45) is 12.8. The topological polar surface area (TPSA) is 42.9 Å². The molecule has 0 bridgehead atoms. The number of halogens is 1. The second kappa shape index (κ2) is 10.6. The van der Waals surface area contributed by atoms with E-state index in [-0.39, 0.29) is 5.78 Å². The average Bonchev–Trinajstić information content (AvgIpc) is 2.52. The molecule has 3 nitrogen and oxygen atoms in total. The fraction of sp³-hybridized carbons (Fsp3) is 0.0625. The molecule has 102 valence electrons. The summed E-state index contributed by atoms with van der Waals surface area (Å²) in [5.41, 5.74) is 0. The number of ketones is 1. The van der Waals surface area contributed by atoms with Crippen molar-refractivity contribution in [1.29, 1.82) is 0 Å². The van der Waals surface area contributed by atoms with Crippen LogP contribution in [0.2, 0.25) is 5.15 Å². The van der Waals surface area contributed by atoms with Gasteiger partial charge in [-0.2, -0.15) is 0 Å². The van der Waals surface area contributed by atoms with Gasteiger partial charge >= 0.3 is 0 Å². The van der Waals surface area contributed by atoms with Crippen molar-refractivity contribution in [2.24, 2.45) is 0 Å². The Morgan fingerprint density at radius 2 is 1.70 bits per heavy atom. The van der Waals surface area contributed by atoms with Crippen LogP contribution in [0.25, 0.3) is 0 Å². The van der Waals surface area contributed by atoms with Gasteiger partial charge in [-0.15, -0.1) is 0 Å². The SMILES string of the molecule is Clc1ccccn1.O=C1C=CC=CC1.c1ccncc1. The van der Waals surface area contributed by atoms with Gasteiger partial charge in [0.2, 0.25) is 0 Å². The Hall–Kier alpha value is -2.26. The quantitative estimate of drug-likeness (QED) is 0.690. The second-order valence-corrected chi connectivity index (χ2v) is 4.02. The van der Waals surface area contributed by atoms with Crippen LogP contribution < -0.4 is 0 Å². The maximum absolute atomic E-state index is 10.3. The van der Waals surface area contributed by atoms with E-state index in [9.17, 15) is 4.79 Å². The first-order valence-electron chi connectivity index (χ1n) is 6.06. The minimum absolute atomic E-state index is 0.197. The van der Waals surface area contributed by atoms with Crippen molar-refractivity contribution in [2.75, 3.05) is 0 Å². The van der Waals surface area contributed by atoms with E-state index in [4.69, 9.17) is 11.6 Å². The van der Waals surface area contributed by atoms with Crippen molar-refractivity contribution >= 4 is 17.4 Å². The van der Waals surface area contributed by atoms with Crippen LogP contribution in [0.1, 0.15) is 6.42 Å². The molecule has 0 aliphatic heterocycles. The summed E-state index contributed by atoms with van der Waals surface area (Å²) >= 11 is 5.43. The maximum atomic E-state index is 10.3. The molecule has 3 rings (SSSR count). The van der Waals surface area contributed by atoms with Crippen molar-refractivity contribution in [3.8, 4) is 0 Å². The van der Waals surface area contributed by atoms with E-state index in [0.717, 1.165) is 0 Å². The van der Waals surface area contributed by atoms with E-state index in [1.807, 2.05) is 42.5 Å². The van der Waals surface area contributed by atoms with Crippen LogP contribution in [0.3, 0.4) is 0 Å². The van der Waals surface area contributed by atoms with Gasteiger partial charge in [-0.25, -0.2) is 4.98 Å². The molecule has 2 heterocycles. The number of aromatic nitrogens is 2. The lowest BCUT2D eigenvalue weighted by atomic mass is 10.2.